The summed E-state index contributed by atoms with van der Waals surface area (Å²) in [5.41, 5.74) is 7.45. The lowest BCUT2D eigenvalue weighted by Gasteiger charge is -2.13. The van der Waals surface area contributed by atoms with Gasteiger partial charge >= 0.3 is 0 Å². The number of fused-ring (bicyclic) bond motifs is 1. The van der Waals surface area contributed by atoms with Gasteiger partial charge in [-0.25, -0.2) is 15.0 Å². The van der Waals surface area contributed by atoms with Crippen LogP contribution >= 0.6 is 0 Å². The predicted octanol–water partition coefficient (Wildman–Crippen LogP) is 9.36. The highest BCUT2D eigenvalue weighted by atomic mass is 15.0. The molecule has 0 saturated heterocycles. The number of aromatic nitrogens is 3. The Labute approximate surface area is 233 Å². The summed E-state index contributed by atoms with van der Waals surface area (Å²) in [4.78, 5) is 15.1. The van der Waals surface area contributed by atoms with E-state index in [1.165, 1.54) is 0 Å². The van der Waals surface area contributed by atoms with Gasteiger partial charge in [-0.15, -0.1) is 0 Å². The van der Waals surface area contributed by atoms with Crippen molar-refractivity contribution in [1.29, 1.82) is 0 Å². The van der Waals surface area contributed by atoms with Crippen LogP contribution in [-0.4, -0.2) is 15.0 Å². The molecular formula is C37H25N3. The number of hydrogen-bond acceptors (Lipinski definition) is 3. The fourth-order valence-electron chi connectivity index (χ4n) is 5.10. The van der Waals surface area contributed by atoms with Crippen LogP contribution in [0.2, 0.25) is 0 Å². The SMILES string of the molecule is c1ccc(-c2cccc(-c3nc(-c4ccccc4)nc(-c4cc(-c5ccccc5)cc5ccccc45)n3)c2)cc1. The van der Waals surface area contributed by atoms with E-state index < -0.39 is 0 Å². The van der Waals surface area contributed by atoms with Crippen molar-refractivity contribution in [2.45, 2.75) is 0 Å². The molecule has 1 heterocycles. The molecule has 0 aliphatic heterocycles. The summed E-state index contributed by atoms with van der Waals surface area (Å²) >= 11 is 0. The van der Waals surface area contributed by atoms with E-state index in [-0.39, 0.29) is 0 Å². The second-order valence-electron chi connectivity index (χ2n) is 9.73. The van der Waals surface area contributed by atoms with Gasteiger partial charge in [-0.05, 0) is 51.2 Å². The molecule has 0 fully saturated rings. The summed E-state index contributed by atoms with van der Waals surface area (Å²) in [6, 6.07) is 52.2. The van der Waals surface area contributed by atoms with Crippen LogP contribution in [0.15, 0.2) is 152 Å². The maximum absolute atomic E-state index is 5.10. The zero-order chi connectivity index (χ0) is 26.7. The van der Waals surface area contributed by atoms with Gasteiger partial charge in [-0.3, -0.25) is 0 Å². The van der Waals surface area contributed by atoms with Crippen molar-refractivity contribution in [1.82, 2.24) is 15.0 Å². The fraction of sp³-hybridized carbons (Fsp3) is 0. The second-order valence-corrected chi connectivity index (χ2v) is 9.73. The zero-order valence-electron chi connectivity index (χ0n) is 21.8. The van der Waals surface area contributed by atoms with E-state index in [2.05, 4.69) is 109 Å². The van der Waals surface area contributed by atoms with Crippen LogP contribution in [0, 0.1) is 0 Å². The lowest BCUT2D eigenvalue weighted by atomic mass is 9.96. The van der Waals surface area contributed by atoms with E-state index in [0.717, 1.165) is 49.7 Å². The lowest BCUT2D eigenvalue weighted by molar-refractivity contribution is 1.08. The molecule has 188 valence electrons. The third-order valence-corrected chi connectivity index (χ3v) is 7.11. The molecule has 0 radical (unpaired) electrons. The van der Waals surface area contributed by atoms with Crippen molar-refractivity contribution < 1.29 is 0 Å². The molecule has 7 aromatic rings. The first-order valence-electron chi connectivity index (χ1n) is 13.4. The van der Waals surface area contributed by atoms with Gasteiger partial charge in [0.05, 0.1) is 0 Å². The molecule has 0 amide bonds. The highest BCUT2D eigenvalue weighted by molar-refractivity contribution is 5.99. The van der Waals surface area contributed by atoms with Gasteiger partial charge in [0.2, 0.25) is 0 Å². The molecule has 0 saturated carbocycles. The topological polar surface area (TPSA) is 38.7 Å². The van der Waals surface area contributed by atoms with Crippen LogP contribution in [-0.2, 0) is 0 Å². The van der Waals surface area contributed by atoms with Gasteiger partial charge < -0.3 is 0 Å². The summed E-state index contributed by atoms with van der Waals surface area (Å²) in [7, 11) is 0. The maximum Gasteiger partial charge on any atom is 0.164 e. The van der Waals surface area contributed by atoms with Crippen molar-refractivity contribution >= 4 is 10.8 Å². The first kappa shape index (κ1) is 23.7. The van der Waals surface area contributed by atoms with E-state index in [4.69, 9.17) is 15.0 Å². The molecule has 0 bridgehead atoms. The molecule has 40 heavy (non-hydrogen) atoms. The zero-order valence-corrected chi connectivity index (χ0v) is 21.8. The van der Waals surface area contributed by atoms with Gasteiger partial charge in [0.15, 0.2) is 17.5 Å². The first-order valence-corrected chi connectivity index (χ1v) is 13.4. The van der Waals surface area contributed by atoms with Crippen molar-refractivity contribution in [2.24, 2.45) is 0 Å². The molecule has 3 nitrogen and oxygen atoms in total. The van der Waals surface area contributed by atoms with E-state index in [0.29, 0.717) is 17.5 Å². The van der Waals surface area contributed by atoms with Gasteiger partial charge in [0.25, 0.3) is 0 Å². The smallest absolute Gasteiger partial charge is 0.164 e. The Morgan fingerprint density at radius 3 is 1.50 bits per heavy atom. The van der Waals surface area contributed by atoms with E-state index in [1.54, 1.807) is 0 Å². The highest BCUT2D eigenvalue weighted by Gasteiger charge is 2.16. The molecule has 0 atom stereocenters. The predicted molar refractivity (Wildman–Crippen MR) is 165 cm³/mol. The fourth-order valence-corrected chi connectivity index (χ4v) is 5.10. The van der Waals surface area contributed by atoms with Crippen molar-refractivity contribution in [3.8, 4) is 56.4 Å². The minimum Gasteiger partial charge on any atom is -0.208 e. The van der Waals surface area contributed by atoms with Crippen LogP contribution in [0.4, 0.5) is 0 Å². The lowest BCUT2D eigenvalue weighted by Crippen LogP contribution is -2.01. The van der Waals surface area contributed by atoms with E-state index in [1.807, 2.05) is 42.5 Å². The molecule has 7 rings (SSSR count). The summed E-state index contributed by atoms with van der Waals surface area (Å²) in [5, 5.41) is 2.25. The van der Waals surface area contributed by atoms with Crippen molar-refractivity contribution in [3.05, 3.63) is 152 Å². The Hall–Kier alpha value is -5.41. The molecule has 6 aromatic carbocycles. The number of nitrogens with zero attached hydrogens (tertiary/aromatic N) is 3. The van der Waals surface area contributed by atoms with Gasteiger partial charge in [-0.2, -0.15) is 0 Å². The Morgan fingerprint density at radius 2 is 0.800 bits per heavy atom. The molecule has 1 aromatic heterocycles. The van der Waals surface area contributed by atoms with Crippen molar-refractivity contribution in [2.75, 3.05) is 0 Å². The van der Waals surface area contributed by atoms with Crippen molar-refractivity contribution in [3.63, 3.8) is 0 Å². The molecule has 0 aliphatic carbocycles. The second kappa shape index (κ2) is 10.4. The Bertz CT molecular complexity index is 1930. The Balaban J connectivity index is 1.46. The maximum atomic E-state index is 5.10. The minimum atomic E-state index is 0.649. The standard InChI is InChI=1S/C37H25N3/c1-4-13-26(14-5-1)29-20-12-21-31(23-29)36-38-35(28-17-8-3-9-18-28)39-37(40-36)34-25-32(27-15-6-2-7-16-27)24-30-19-10-11-22-33(30)34/h1-25H. The molecule has 0 unspecified atom stereocenters. The van der Waals surface area contributed by atoms with Crippen LogP contribution in [0.3, 0.4) is 0 Å². The number of rotatable bonds is 5. The largest absolute Gasteiger partial charge is 0.208 e. The molecule has 0 aliphatic rings. The van der Waals surface area contributed by atoms with Crippen LogP contribution in [0.25, 0.3) is 67.2 Å². The summed E-state index contributed by atoms with van der Waals surface area (Å²) in [6.45, 7) is 0. The summed E-state index contributed by atoms with van der Waals surface area (Å²) in [5.74, 6) is 1.96. The van der Waals surface area contributed by atoms with Gasteiger partial charge in [0.1, 0.15) is 0 Å². The van der Waals surface area contributed by atoms with E-state index in [9.17, 15) is 0 Å². The molecule has 0 N–H and O–H groups in total. The number of benzene rings is 6. The van der Waals surface area contributed by atoms with Crippen LogP contribution in [0.1, 0.15) is 0 Å². The Kier molecular flexibility index (Phi) is 6.15. The van der Waals surface area contributed by atoms with E-state index >= 15 is 0 Å². The third kappa shape index (κ3) is 4.65. The molecule has 0 spiro atoms. The minimum absolute atomic E-state index is 0.649. The first-order chi connectivity index (χ1) is 19.8. The normalized spacial score (nSPS) is 11.0. The molecular weight excluding hydrogens is 486 g/mol. The Morgan fingerprint density at radius 1 is 0.300 bits per heavy atom. The average Bonchev–Trinajstić information content (AvgIpc) is 3.05. The van der Waals surface area contributed by atoms with Crippen LogP contribution < -0.4 is 0 Å². The summed E-state index contributed by atoms with van der Waals surface area (Å²) in [6.07, 6.45) is 0. The highest BCUT2D eigenvalue weighted by Crippen LogP contribution is 2.34. The van der Waals surface area contributed by atoms with Crippen LogP contribution in [0.5, 0.6) is 0 Å². The van der Waals surface area contributed by atoms with Gasteiger partial charge in [-0.1, -0.05) is 133 Å². The summed E-state index contributed by atoms with van der Waals surface area (Å²) < 4.78 is 0. The third-order valence-electron chi connectivity index (χ3n) is 7.11. The monoisotopic (exact) mass is 511 g/mol. The molecule has 3 heteroatoms. The quantitative estimate of drug-likeness (QED) is 0.231. The average molecular weight is 512 g/mol. The number of hydrogen-bond donors (Lipinski definition) is 0. The van der Waals surface area contributed by atoms with Gasteiger partial charge in [0, 0.05) is 16.7 Å².